The molecule has 0 saturated heterocycles. The van der Waals surface area contributed by atoms with Gasteiger partial charge in [0.25, 0.3) is 0 Å². The van der Waals surface area contributed by atoms with Crippen LogP contribution >= 0.6 is 11.6 Å². The summed E-state index contributed by atoms with van der Waals surface area (Å²) in [5.74, 6) is -1.30. The first-order valence-electron chi connectivity index (χ1n) is 5.80. The van der Waals surface area contributed by atoms with E-state index >= 15 is 0 Å². The molecular weight excluding hydrogens is 284 g/mol. The molecule has 0 unspecified atom stereocenters. The minimum Gasteiger partial charge on any atom is -0.346 e. The Kier molecular flexibility index (Phi) is 6.48. The SMILES string of the molecule is NCC(=O)NCC(=O)NCC(=O)Nc1ccc(Cl)cc1. The maximum absolute atomic E-state index is 11.5. The van der Waals surface area contributed by atoms with Crippen molar-refractivity contribution in [2.24, 2.45) is 5.73 Å². The van der Waals surface area contributed by atoms with E-state index in [1.807, 2.05) is 0 Å². The van der Waals surface area contributed by atoms with Crippen LogP contribution in [-0.2, 0) is 14.4 Å². The summed E-state index contributed by atoms with van der Waals surface area (Å²) in [5.41, 5.74) is 5.63. The van der Waals surface area contributed by atoms with E-state index in [1.54, 1.807) is 24.3 Å². The zero-order valence-corrected chi connectivity index (χ0v) is 11.4. The lowest BCUT2D eigenvalue weighted by molar-refractivity contribution is -0.126. The van der Waals surface area contributed by atoms with Gasteiger partial charge in [-0.15, -0.1) is 0 Å². The number of nitrogens with two attached hydrogens (primary N) is 1. The summed E-state index contributed by atoms with van der Waals surface area (Å²) < 4.78 is 0. The lowest BCUT2D eigenvalue weighted by atomic mass is 10.3. The van der Waals surface area contributed by atoms with Gasteiger partial charge < -0.3 is 21.7 Å². The highest BCUT2D eigenvalue weighted by Gasteiger charge is 2.07. The summed E-state index contributed by atoms with van der Waals surface area (Å²) >= 11 is 5.71. The van der Waals surface area contributed by atoms with Crippen molar-refractivity contribution in [2.75, 3.05) is 25.0 Å². The summed E-state index contributed by atoms with van der Waals surface area (Å²) in [7, 11) is 0. The van der Waals surface area contributed by atoms with Gasteiger partial charge in [0.05, 0.1) is 19.6 Å². The second kappa shape index (κ2) is 8.13. The molecule has 0 aliphatic carbocycles. The van der Waals surface area contributed by atoms with Gasteiger partial charge in [-0.05, 0) is 24.3 Å². The highest BCUT2D eigenvalue weighted by molar-refractivity contribution is 6.30. The van der Waals surface area contributed by atoms with Gasteiger partial charge in [-0.3, -0.25) is 14.4 Å². The van der Waals surface area contributed by atoms with Gasteiger partial charge in [0.15, 0.2) is 0 Å². The average Bonchev–Trinajstić information content (AvgIpc) is 2.45. The van der Waals surface area contributed by atoms with Crippen LogP contribution in [0.15, 0.2) is 24.3 Å². The van der Waals surface area contributed by atoms with Gasteiger partial charge >= 0.3 is 0 Å². The van der Waals surface area contributed by atoms with Crippen LogP contribution in [0.3, 0.4) is 0 Å². The van der Waals surface area contributed by atoms with Crippen molar-refractivity contribution in [1.82, 2.24) is 10.6 Å². The Balaban J connectivity index is 2.27. The molecule has 20 heavy (non-hydrogen) atoms. The fourth-order valence-electron chi connectivity index (χ4n) is 1.23. The molecule has 0 aromatic heterocycles. The third-order valence-corrected chi connectivity index (χ3v) is 2.46. The maximum atomic E-state index is 11.5. The quantitative estimate of drug-likeness (QED) is 0.565. The number of benzene rings is 1. The summed E-state index contributed by atoms with van der Waals surface area (Å²) in [6.07, 6.45) is 0. The Morgan fingerprint density at radius 2 is 1.50 bits per heavy atom. The molecule has 0 radical (unpaired) electrons. The van der Waals surface area contributed by atoms with E-state index in [-0.39, 0.29) is 25.5 Å². The van der Waals surface area contributed by atoms with Crippen LogP contribution in [0.25, 0.3) is 0 Å². The fraction of sp³-hybridized carbons (Fsp3) is 0.250. The number of nitrogens with one attached hydrogen (secondary N) is 3. The Morgan fingerprint density at radius 1 is 0.950 bits per heavy atom. The molecular formula is C12H15ClN4O3. The predicted molar refractivity (Wildman–Crippen MR) is 75.2 cm³/mol. The number of amides is 3. The van der Waals surface area contributed by atoms with Gasteiger partial charge in [0, 0.05) is 10.7 Å². The molecule has 1 aromatic carbocycles. The minimum atomic E-state index is -0.474. The second-order valence-electron chi connectivity index (χ2n) is 3.81. The molecule has 0 bridgehead atoms. The number of carbonyl (C=O) groups is 3. The van der Waals surface area contributed by atoms with Crippen LogP contribution in [0, 0.1) is 0 Å². The summed E-state index contributed by atoms with van der Waals surface area (Å²) in [6, 6.07) is 6.56. The first kappa shape index (κ1) is 15.9. The van der Waals surface area contributed by atoms with E-state index in [0.717, 1.165) is 0 Å². The van der Waals surface area contributed by atoms with Crippen molar-refractivity contribution in [1.29, 1.82) is 0 Å². The molecule has 108 valence electrons. The minimum absolute atomic E-state index is 0.190. The van der Waals surface area contributed by atoms with Crippen LogP contribution < -0.4 is 21.7 Å². The van der Waals surface area contributed by atoms with Crippen molar-refractivity contribution >= 4 is 35.0 Å². The standard InChI is InChI=1S/C12H15ClN4O3/c13-8-1-3-9(4-2-8)17-12(20)7-16-11(19)6-15-10(18)5-14/h1-4H,5-7,14H2,(H,15,18)(H,16,19)(H,17,20). The van der Waals surface area contributed by atoms with E-state index in [9.17, 15) is 14.4 Å². The Bertz CT molecular complexity index is 490. The third-order valence-electron chi connectivity index (χ3n) is 2.21. The van der Waals surface area contributed by atoms with Crippen LogP contribution in [0.4, 0.5) is 5.69 Å². The largest absolute Gasteiger partial charge is 0.346 e. The van der Waals surface area contributed by atoms with Crippen molar-refractivity contribution in [3.63, 3.8) is 0 Å². The molecule has 0 spiro atoms. The van der Waals surface area contributed by atoms with E-state index in [1.165, 1.54) is 0 Å². The van der Waals surface area contributed by atoms with Crippen LogP contribution in [0.2, 0.25) is 5.02 Å². The number of hydrogen-bond donors (Lipinski definition) is 4. The lowest BCUT2D eigenvalue weighted by Crippen LogP contribution is -2.41. The summed E-state index contributed by atoms with van der Waals surface area (Å²) in [4.78, 5) is 33.6. The number of carbonyl (C=O) groups excluding carboxylic acids is 3. The van der Waals surface area contributed by atoms with E-state index in [2.05, 4.69) is 16.0 Å². The fourth-order valence-corrected chi connectivity index (χ4v) is 1.36. The monoisotopic (exact) mass is 298 g/mol. The van der Waals surface area contributed by atoms with E-state index in [0.29, 0.717) is 10.7 Å². The zero-order chi connectivity index (χ0) is 15.0. The molecule has 1 rings (SSSR count). The Morgan fingerprint density at radius 3 is 2.10 bits per heavy atom. The van der Waals surface area contributed by atoms with Crippen molar-refractivity contribution in [3.8, 4) is 0 Å². The smallest absolute Gasteiger partial charge is 0.243 e. The normalized spacial score (nSPS) is 9.70. The number of rotatable bonds is 6. The number of hydrogen-bond acceptors (Lipinski definition) is 4. The van der Waals surface area contributed by atoms with Crippen molar-refractivity contribution < 1.29 is 14.4 Å². The lowest BCUT2D eigenvalue weighted by Gasteiger charge is -2.07. The van der Waals surface area contributed by atoms with Gasteiger partial charge in [-0.1, -0.05) is 11.6 Å². The highest BCUT2D eigenvalue weighted by Crippen LogP contribution is 2.12. The van der Waals surface area contributed by atoms with E-state index in [4.69, 9.17) is 17.3 Å². The molecule has 0 aliphatic rings. The topological polar surface area (TPSA) is 113 Å². The molecule has 0 atom stereocenters. The molecule has 3 amide bonds. The molecule has 0 aliphatic heterocycles. The van der Waals surface area contributed by atoms with Crippen LogP contribution in [0.5, 0.6) is 0 Å². The molecule has 7 nitrogen and oxygen atoms in total. The first-order valence-corrected chi connectivity index (χ1v) is 6.18. The van der Waals surface area contributed by atoms with Crippen molar-refractivity contribution in [3.05, 3.63) is 29.3 Å². The number of anilines is 1. The predicted octanol–water partition coefficient (Wildman–Crippen LogP) is -0.530. The third kappa shape index (κ3) is 6.17. The summed E-state index contributed by atoms with van der Waals surface area (Å²) in [6.45, 7) is -0.603. The average molecular weight is 299 g/mol. The van der Waals surface area contributed by atoms with Gasteiger partial charge in [0.1, 0.15) is 0 Å². The maximum Gasteiger partial charge on any atom is 0.243 e. The summed E-state index contributed by atoms with van der Waals surface area (Å²) in [5, 5.41) is 7.79. The Labute approximate surface area is 120 Å². The molecule has 8 heteroatoms. The van der Waals surface area contributed by atoms with Crippen LogP contribution in [-0.4, -0.2) is 37.4 Å². The van der Waals surface area contributed by atoms with Crippen LogP contribution in [0.1, 0.15) is 0 Å². The molecule has 0 saturated carbocycles. The van der Waals surface area contributed by atoms with Gasteiger partial charge in [-0.2, -0.15) is 0 Å². The molecule has 0 fully saturated rings. The first-order chi connectivity index (χ1) is 9.51. The molecule has 1 aromatic rings. The molecule has 5 N–H and O–H groups in total. The Hall–Kier alpha value is -2.12. The van der Waals surface area contributed by atoms with Crippen molar-refractivity contribution in [2.45, 2.75) is 0 Å². The second-order valence-corrected chi connectivity index (χ2v) is 4.25. The highest BCUT2D eigenvalue weighted by atomic mass is 35.5. The van der Waals surface area contributed by atoms with E-state index < -0.39 is 11.8 Å². The van der Waals surface area contributed by atoms with Gasteiger partial charge in [-0.25, -0.2) is 0 Å². The molecule has 0 heterocycles. The van der Waals surface area contributed by atoms with Gasteiger partial charge in [0.2, 0.25) is 17.7 Å². The zero-order valence-electron chi connectivity index (χ0n) is 10.6. The number of halogens is 1.